The van der Waals surface area contributed by atoms with Gasteiger partial charge < -0.3 is 10.3 Å². The van der Waals surface area contributed by atoms with Crippen LogP contribution in [-0.2, 0) is 9.53 Å². The minimum absolute atomic E-state index is 0.296. The van der Waals surface area contributed by atoms with Crippen molar-refractivity contribution in [3.05, 3.63) is 48.0 Å². The molecule has 0 heterocycles. The second-order valence-electron chi connectivity index (χ2n) is 2.57. The molecule has 0 saturated heterocycles. The predicted octanol–water partition coefficient (Wildman–Crippen LogP) is 1.98. The van der Waals surface area contributed by atoms with Gasteiger partial charge in [0.25, 0.3) is 0 Å². The first-order valence-electron chi connectivity index (χ1n) is 4.68. The van der Waals surface area contributed by atoms with Crippen LogP contribution in [0.15, 0.2) is 30.3 Å². The molecular formula is C12H13N2O2+. The van der Waals surface area contributed by atoms with E-state index in [0.717, 1.165) is 5.56 Å². The number of ether oxygens (including phenoxy) is 1. The van der Waals surface area contributed by atoms with E-state index in [0.29, 0.717) is 12.8 Å². The van der Waals surface area contributed by atoms with Crippen molar-refractivity contribution in [1.29, 1.82) is 0 Å². The van der Waals surface area contributed by atoms with Gasteiger partial charge in [-0.25, -0.2) is 4.79 Å². The average Bonchev–Trinajstić information content (AvgIpc) is 2.32. The highest BCUT2D eigenvalue weighted by atomic mass is 16.5. The van der Waals surface area contributed by atoms with E-state index in [2.05, 4.69) is 9.53 Å². The summed E-state index contributed by atoms with van der Waals surface area (Å²) in [5.41, 5.74) is 8.79. The van der Waals surface area contributed by atoms with Crippen molar-refractivity contribution in [3.63, 3.8) is 0 Å². The fourth-order valence-corrected chi connectivity index (χ4v) is 0.791. The van der Waals surface area contributed by atoms with E-state index in [1.165, 1.54) is 0 Å². The Morgan fingerprint density at radius 3 is 2.50 bits per heavy atom. The maximum Gasteiger partial charge on any atom is 0.413 e. The minimum Gasteiger partial charge on any atom is -0.458 e. The van der Waals surface area contributed by atoms with Crippen molar-refractivity contribution in [3.8, 4) is 0 Å². The molecule has 0 radical (unpaired) electrons. The fourth-order valence-electron chi connectivity index (χ4n) is 0.791. The van der Waals surface area contributed by atoms with Crippen molar-refractivity contribution in [2.75, 3.05) is 6.61 Å². The van der Waals surface area contributed by atoms with E-state index in [-0.39, 0.29) is 0 Å². The summed E-state index contributed by atoms with van der Waals surface area (Å²) in [7, 11) is 0. The van der Waals surface area contributed by atoms with Gasteiger partial charge >= 0.3 is 12.2 Å². The smallest absolute Gasteiger partial charge is 0.413 e. The number of carbonyl (C=O) groups excluding carboxylic acids is 1. The van der Waals surface area contributed by atoms with E-state index >= 15 is 0 Å². The normalized spacial score (nSPS) is 7.75. The third kappa shape index (κ3) is 7.15. The predicted molar refractivity (Wildman–Crippen MR) is 61.5 cm³/mol. The highest BCUT2D eigenvalue weighted by Crippen LogP contribution is 1.97. The number of benzene rings is 1. The molecule has 4 nitrogen and oxygen atoms in total. The highest BCUT2D eigenvalue weighted by Gasteiger charge is 1.97. The van der Waals surface area contributed by atoms with Gasteiger partial charge in [0.15, 0.2) is 6.08 Å². The molecule has 1 aromatic rings. The second kappa shape index (κ2) is 9.28. The Balaban J connectivity index is 0.000000281. The maximum atomic E-state index is 10.1. The Morgan fingerprint density at radius 2 is 2.12 bits per heavy atom. The van der Waals surface area contributed by atoms with E-state index in [4.69, 9.17) is 12.1 Å². The molecule has 0 bridgehead atoms. The van der Waals surface area contributed by atoms with Crippen LogP contribution < -0.4 is 0 Å². The third-order valence-corrected chi connectivity index (χ3v) is 1.44. The van der Waals surface area contributed by atoms with Crippen molar-refractivity contribution in [1.82, 2.24) is 0 Å². The second-order valence-corrected chi connectivity index (χ2v) is 2.57. The van der Waals surface area contributed by atoms with Gasteiger partial charge in [-0.2, -0.15) is 4.79 Å². The molecule has 0 saturated carbocycles. The third-order valence-electron chi connectivity index (χ3n) is 1.44. The molecule has 0 spiro atoms. The van der Waals surface area contributed by atoms with Crippen LogP contribution >= 0.6 is 0 Å². The van der Waals surface area contributed by atoms with E-state index < -0.39 is 5.97 Å². The molecule has 1 aromatic carbocycles. The zero-order valence-corrected chi connectivity index (χ0v) is 9.04. The summed E-state index contributed by atoms with van der Waals surface area (Å²) in [4.78, 5) is 12.6. The number of hydrogen-bond acceptors (Lipinski definition) is 2. The summed E-state index contributed by atoms with van der Waals surface area (Å²) in [6.45, 7) is 7.19. The molecule has 16 heavy (non-hydrogen) atoms. The van der Waals surface area contributed by atoms with Crippen LogP contribution in [0.25, 0.3) is 11.6 Å². The first-order valence-corrected chi connectivity index (χ1v) is 4.68. The minimum atomic E-state index is -0.630. The largest absolute Gasteiger partial charge is 0.458 e. The van der Waals surface area contributed by atoms with Crippen LogP contribution in [0.4, 0.5) is 0 Å². The summed E-state index contributed by atoms with van der Waals surface area (Å²) in [6, 6.07) is 9.80. The average molecular weight is 217 g/mol. The van der Waals surface area contributed by atoms with Crippen molar-refractivity contribution >= 4 is 18.3 Å². The van der Waals surface area contributed by atoms with Crippen molar-refractivity contribution in [2.24, 2.45) is 0 Å². The van der Waals surface area contributed by atoms with E-state index in [9.17, 15) is 4.79 Å². The molecule has 0 amide bonds. The van der Waals surface area contributed by atoms with Crippen LogP contribution in [0.3, 0.4) is 0 Å². The molecule has 0 atom stereocenters. The lowest BCUT2D eigenvalue weighted by molar-refractivity contribution is -0.138. The van der Waals surface area contributed by atoms with Gasteiger partial charge in [0.05, 0.1) is 6.61 Å². The molecule has 0 N–H and O–H groups in total. The van der Waals surface area contributed by atoms with Gasteiger partial charge in [-0.1, -0.05) is 6.07 Å². The number of rotatable bonds is 3. The Kier molecular flexibility index (Phi) is 7.96. The van der Waals surface area contributed by atoms with Crippen molar-refractivity contribution < 1.29 is 14.3 Å². The molecule has 0 aliphatic heterocycles. The lowest BCUT2D eigenvalue weighted by Crippen LogP contribution is -2.04. The van der Waals surface area contributed by atoms with Gasteiger partial charge in [0.1, 0.15) is 5.56 Å². The molecule has 0 aliphatic carbocycles. The Bertz CT molecular complexity index is 368. The standard InChI is InChI=1S/C8H7.C4H6N2O2/c1-2-8-6-4-3-5-7-8;1-2-8-4(7)3-6-5/h1-7H;3H,2H2,1H3/q+1;. The first-order chi connectivity index (χ1) is 7.74. The first kappa shape index (κ1) is 13.7. The number of hydrogen-bond donors (Lipinski definition) is 0. The van der Waals surface area contributed by atoms with Gasteiger partial charge in [0, 0.05) is 18.7 Å². The lowest BCUT2D eigenvalue weighted by Gasteiger charge is -1.86. The maximum absolute atomic E-state index is 10.1. The summed E-state index contributed by atoms with van der Waals surface area (Å²) in [6.07, 6.45) is 2.28. The topological polar surface area (TPSA) is 62.7 Å². The van der Waals surface area contributed by atoms with E-state index in [1.807, 2.05) is 30.3 Å². The molecule has 0 fully saturated rings. The summed E-state index contributed by atoms with van der Waals surface area (Å²) in [5.74, 6) is -0.630. The quantitative estimate of drug-likeness (QED) is 0.255. The monoisotopic (exact) mass is 217 g/mol. The van der Waals surface area contributed by atoms with Crippen LogP contribution in [0.2, 0.25) is 0 Å². The van der Waals surface area contributed by atoms with Crippen LogP contribution in [0.1, 0.15) is 12.5 Å². The SMILES string of the molecule is CCOC(=O)C=[N+]=[N-].[CH+]=Cc1ccccc1. The Hall–Kier alpha value is -2.28. The summed E-state index contributed by atoms with van der Waals surface area (Å²) < 4.78 is 4.33. The molecule has 4 heteroatoms. The Labute approximate surface area is 94.8 Å². The molecular weight excluding hydrogens is 204 g/mol. The molecule has 0 aliphatic rings. The van der Waals surface area contributed by atoms with Crippen LogP contribution in [-0.4, -0.2) is 23.6 Å². The number of esters is 1. The van der Waals surface area contributed by atoms with Gasteiger partial charge in [0.2, 0.25) is 0 Å². The Morgan fingerprint density at radius 1 is 1.50 bits per heavy atom. The zero-order chi connectivity index (χ0) is 12.2. The molecule has 82 valence electrons. The van der Waals surface area contributed by atoms with Gasteiger partial charge in [-0.3, -0.25) is 0 Å². The molecule has 0 aromatic heterocycles. The number of nitrogens with zero attached hydrogens (tertiary/aromatic N) is 2. The van der Waals surface area contributed by atoms with Crippen molar-refractivity contribution in [2.45, 2.75) is 6.92 Å². The molecule has 1 rings (SSSR count). The van der Waals surface area contributed by atoms with Crippen LogP contribution in [0, 0.1) is 6.58 Å². The summed E-state index contributed by atoms with van der Waals surface area (Å²) in [5, 5.41) is 0. The zero-order valence-electron chi connectivity index (χ0n) is 9.04. The van der Waals surface area contributed by atoms with E-state index in [1.54, 1.807) is 13.0 Å². The highest BCUT2D eigenvalue weighted by molar-refractivity contribution is 6.20. The summed E-state index contributed by atoms with van der Waals surface area (Å²) >= 11 is 0. The van der Waals surface area contributed by atoms with Crippen LogP contribution in [0.5, 0.6) is 0 Å². The van der Waals surface area contributed by atoms with Gasteiger partial charge in [-0.15, -0.1) is 0 Å². The number of carbonyl (C=O) groups is 1. The van der Waals surface area contributed by atoms with Gasteiger partial charge in [-0.05, 0) is 19.1 Å². The fraction of sp³-hybridized carbons (Fsp3) is 0.167. The lowest BCUT2D eigenvalue weighted by atomic mass is 10.2. The molecule has 0 unspecified atom stereocenters.